The van der Waals surface area contributed by atoms with Crippen LogP contribution in [-0.2, 0) is 10.9 Å². The molecule has 0 amide bonds. The Balaban J connectivity index is 1.82. The summed E-state index contributed by atoms with van der Waals surface area (Å²) in [7, 11) is -2.48. The van der Waals surface area contributed by atoms with E-state index in [9.17, 15) is 8.42 Å². The van der Waals surface area contributed by atoms with Crippen LogP contribution < -0.4 is 9.46 Å². The van der Waals surface area contributed by atoms with Crippen LogP contribution in [0.15, 0.2) is 24.3 Å². The number of benzene rings is 1. The van der Waals surface area contributed by atoms with Crippen molar-refractivity contribution >= 4 is 22.5 Å². The molecule has 0 aromatic heterocycles. The highest BCUT2D eigenvalue weighted by molar-refractivity contribution is 7.70. The van der Waals surface area contributed by atoms with E-state index in [0.717, 1.165) is 25.0 Å². The summed E-state index contributed by atoms with van der Waals surface area (Å²) in [4.78, 5) is 0. The Bertz CT molecular complexity index is 496. The third-order valence-corrected chi connectivity index (χ3v) is 4.83. The zero-order chi connectivity index (χ0) is 15.1. The van der Waals surface area contributed by atoms with Gasteiger partial charge in [-0.1, -0.05) is 30.9 Å². The van der Waals surface area contributed by atoms with Crippen molar-refractivity contribution in [1.29, 1.82) is 0 Å². The lowest BCUT2D eigenvalue weighted by Crippen LogP contribution is -2.28. The number of hydrogen-bond acceptors (Lipinski definition) is 3. The third kappa shape index (κ3) is 5.85. The van der Waals surface area contributed by atoms with E-state index >= 15 is 0 Å². The maximum absolute atomic E-state index is 10.6. The largest absolute Gasteiger partial charge is 0.493 e. The molecule has 1 aromatic carbocycles. The first-order valence-electron chi connectivity index (χ1n) is 7.41. The van der Waals surface area contributed by atoms with Gasteiger partial charge >= 0.3 is 0 Å². The van der Waals surface area contributed by atoms with Gasteiger partial charge in [-0.15, -0.1) is 0 Å². The molecule has 4 nitrogen and oxygen atoms in total. The molecule has 1 aromatic rings. The summed E-state index contributed by atoms with van der Waals surface area (Å²) in [5.41, 5.74) is 0. The molecule has 118 valence electrons. The Morgan fingerprint density at radius 2 is 1.81 bits per heavy atom. The quantitative estimate of drug-likeness (QED) is 0.755. The van der Waals surface area contributed by atoms with Crippen molar-refractivity contribution in [3.8, 4) is 5.75 Å². The molecular formula is C15H22ClNO3S. The summed E-state index contributed by atoms with van der Waals surface area (Å²) < 4.78 is 29.5. The van der Waals surface area contributed by atoms with Crippen molar-refractivity contribution < 1.29 is 13.2 Å². The molecule has 1 aliphatic carbocycles. The molecule has 0 radical (unpaired) electrons. The van der Waals surface area contributed by atoms with Crippen LogP contribution in [0.3, 0.4) is 0 Å². The second-order valence-corrected chi connectivity index (χ2v) is 6.79. The van der Waals surface area contributed by atoms with Gasteiger partial charge in [0, 0.05) is 11.6 Å². The summed E-state index contributed by atoms with van der Waals surface area (Å²) in [5.74, 6) is 1.87. The van der Waals surface area contributed by atoms with Crippen molar-refractivity contribution in [2.75, 3.05) is 13.2 Å². The van der Waals surface area contributed by atoms with Gasteiger partial charge in [-0.2, -0.15) is 0 Å². The van der Waals surface area contributed by atoms with Gasteiger partial charge in [-0.25, -0.2) is 13.1 Å². The summed E-state index contributed by atoms with van der Waals surface area (Å²) in [6.07, 6.45) is 5.66. The van der Waals surface area contributed by atoms with Crippen molar-refractivity contribution in [3.63, 3.8) is 0 Å². The van der Waals surface area contributed by atoms with Gasteiger partial charge in [0.2, 0.25) is 10.9 Å². The van der Waals surface area contributed by atoms with Crippen molar-refractivity contribution in [2.45, 2.75) is 32.1 Å². The molecule has 0 heterocycles. The van der Waals surface area contributed by atoms with E-state index < -0.39 is 10.9 Å². The highest BCUT2D eigenvalue weighted by Gasteiger charge is 2.25. The first kappa shape index (κ1) is 16.6. The molecule has 0 bridgehead atoms. The molecule has 2 atom stereocenters. The average molecular weight is 332 g/mol. The van der Waals surface area contributed by atoms with Crippen LogP contribution in [0.4, 0.5) is 0 Å². The topological polar surface area (TPSA) is 55.4 Å². The van der Waals surface area contributed by atoms with Gasteiger partial charge in [0.25, 0.3) is 0 Å². The number of rotatable bonds is 7. The minimum absolute atomic E-state index is 0.501. The minimum atomic E-state index is -2.48. The molecule has 2 unspecified atom stereocenters. The van der Waals surface area contributed by atoms with Crippen LogP contribution >= 0.6 is 11.6 Å². The molecule has 0 saturated heterocycles. The van der Waals surface area contributed by atoms with Gasteiger partial charge in [-0.3, -0.25) is 0 Å². The van der Waals surface area contributed by atoms with Crippen LogP contribution in [0.1, 0.15) is 32.1 Å². The Labute approximate surface area is 132 Å². The Morgan fingerprint density at radius 1 is 1.14 bits per heavy atom. The zero-order valence-electron chi connectivity index (χ0n) is 12.0. The second kappa shape index (κ2) is 8.61. The smallest absolute Gasteiger partial charge is 0.201 e. The molecule has 1 saturated carbocycles. The molecule has 1 fully saturated rings. The van der Waals surface area contributed by atoms with Gasteiger partial charge in [-0.05, 0) is 48.9 Å². The van der Waals surface area contributed by atoms with Crippen molar-refractivity contribution in [1.82, 2.24) is 4.72 Å². The van der Waals surface area contributed by atoms with Crippen molar-refractivity contribution in [3.05, 3.63) is 29.3 Å². The van der Waals surface area contributed by atoms with Crippen molar-refractivity contribution in [2.24, 2.45) is 11.8 Å². The summed E-state index contributed by atoms with van der Waals surface area (Å²) in [6.45, 7) is 1.22. The average Bonchev–Trinajstić information content (AvgIpc) is 2.47. The summed E-state index contributed by atoms with van der Waals surface area (Å²) >= 11 is 5.85. The van der Waals surface area contributed by atoms with E-state index in [-0.39, 0.29) is 0 Å². The zero-order valence-corrected chi connectivity index (χ0v) is 13.6. The van der Waals surface area contributed by atoms with Crippen LogP contribution in [-0.4, -0.2) is 21.6 Å². The monoisotopic (exact) mass is 331 g/mol. The lowest BCUT2D eigenvalue weighted by atomic mass is 9.78. The molecule has 21 heavy (non-hydrogen) atoms. The minimum Gasteiger partial charge on any atom is -0.493 e. The molecule has 2 rings (SSSR count). The number of halogens is 1. The normalized spacial score (nSPS) is 22.4. The predicted molar refractivity (Wildman–Crippen MR) is 85.3 cm³/mol. The Morgan fingerprint density at radius 3 is 2.48 bits per heavy atom. The van der Waals surface area contributed by atoms with Gasteiger partial charge < -0.3 is 4.74 Å². The fourth-order valence-corrected chi connectivity index (χ4v) is 3.40. The van der Waals surface area contributed by atoms with Crippen LogP contribution in [0, 0.1) is 11.8 Å². The van der Waals surface area contributed by atoms with Crippen LogP contribution in [0.2, 0.25) is 5.02 Å². The summed E-state index contributed by atoms with van der Waals surface area (Å²) in [5, 5.41) is 0.704. The van der Waals surface area contributed by atoms with E-state index in [1.165, 1.54) is 12.8 Å². The van der Waals surface area contributed by atoms with Crippen LogP contribution in [0.5, 0.6) is 5.75 Å². The van der Waals surface area contributed by atoms with Gasteiger partial charge in [0.1, 0.15) is 5.75 Å². The fraction of sp³-hybridized carbons (Fsp3) is 0.600. The maximum atomic E-state index is 10.6. The highest BCUT2D eigenvalue weighted by atomic mass is 35.5. The van der Waals surface area contributed by atoms with Gasteiger partial charge in [0.05, 0.1) is 6.61 Å². The van der Waals surface area contributed by atoms with E-state index in [1.54, 1.807) is 0 Å². The summed E-state index contributed by atoms with van der Waals surface area (Å²) in [6, 6.07) is 7.40. The second-order valence-electron chi connectivity index (χ2n) is 5.52. The number of nitrogens with one attached hydrogen (secondary N) is 1. The third-order valence-electron chi connectivity index (χ3n) is 4.10. The predicted octanol–water partition coefficient (Wildman–Crippen LogP) is 3.03. The molecule has 0 spiro atoms. The number of ether oxygens (including phenoxy) is 1. The first-order chi connectivity index (χ1) is 10.1. The first-order valence-corrected chi connectivity index (χ1v) is 8.97. The van der Waals surface area contributed by atoms with E-state index in [4.69, 9.17) is 16.3 Å². The molecule has 1 N–H and O–H groups in total. The standard InChI is InChI=1S/C15H22ClNO3S/c16-14-5-7-15(8-6-14)20-11-13-4-2-1-3-12(13)9-10-17-21(18)19/h5-8,12-13,21H,1-4,9-11H2,(H,17,18,19). The lowest BCUT2D eigenvalue weighted by molar-refractivity contribution is 0.143. The maximum Gasteiger partial charge on any atom is 0.201 e. The fourth-order valence-electron chi connectivity index (χ4n) is 2.96. The van der Waals surface area contributed by atoms with Crippen LogP contribution in [0.25, 0.3) is 0 Å². The van der Waals surface area contributed by atoms with E-state index in [0.29, 0.717) is 30.0 Å². The van der Waals surface area contributed by atoms with E-state index in [1.807, 2.05) is 24.3 Å². The molecule has 0 aliphatic heterocycles. The SMILES string of the molecule is O=[SH](=O)NCCC1CCCCC1COc1ccc(Cl)cc1. The lowest BCUT2D eigenvalue weighted by Gasteiger charge is -2.31. The number of hydrogen-bond donors (Lipinski definition) is 2. The number of thiol groups is 1. The molecule has 1 aliphatic rings. The highest BCUT2D eigenvalue weighted by Crippen LogP contribution is 2.32. The molecular weight excluding hydrogens is 310 g/mol. The van der Waals surface area contributed by atoms with Gasteiger partial charge in [0.15, 0.2) is 0 Å². The Hall–Kier alpha value is -0.780. The Kier molecular flexibility index (Phi) is 6.80. The van der Waals surface area contributed by atoms with E-state index in [2.05, 4.69) is 4.72 Å². The molecule has 6 heteroatoms.